The summed E-state index contributed by atoms with van der Waals surface area (Å²) in [6.45, 7) is 0.806. The Kier molecular flexibility index (Phi) is 6.55. The van der Waals surface area contributed by atoms with E-state index in [1.54, 1.807) is 0 Å². The average molecular weight is 383 g/mol. The van der Waals surface area contributed by atoms with Crippen LogP contribution >= 0.6 is 0 Å². The molecule has 1 N–H and O–H groups in total. The Morgan fingerprint density at radius 3 is 2.19 bits per heavy atom. The van der Waals surface area contributed by atoms with Crippen molar-refractivity contribution in [3.05, 3.63) is 70.8 Å². The van der Waals surface area contributed by atoms with Gasteiger partial charge in [0.15, 0.2) is 11.6 Å². The Hall–Kier alpha value is -2.90. The zero-order valence-electron chi connectivity index (χ0n) is 14.4. The van der Waals surface area contributed by atoms with Gasteiger partial charge in [-0.05, 0) is 36.8 Å². The molecule has 0 spiro atoms. The van der Waals surface area contributed by atoms with Crippen molar-refractivity contribution >= 4 is 11.9 Å². The molecule has 0 heterocycles. The highest BCUT2D eigenvalue weighted by Crippen LogP contribution is 2.25. The van der Waals surface area contributed by atoms with Crippen LogP contribution in [0.2, 0.25) is 0 Å². The summed E-state index contributed by atoms with van der Waals surface area (Å²) in [5.74, 6) is -7.13. The van der Waals surface area contributed by atoms with E-state index in [0.717, 1.165) is 35.2 Å². The second-order valence-corrected chi connectivity index (χ2v) is 6.01. The molecule has 0 fully saturated rings. The van der Waals surface area contributed by atoms with Crippen molar-refractivity contribution < 1.29 is 32.3 Å². The van der Waals surface area contributed by atoms with E-state index in [1.165, 1.54) is 13.0 Å². The maximum absolute atomic E-state index is 14.0. The lowest BCUT2D eigenvalue weighted by Crippen LogP contribution is -2.36. The Bertz CT molecular complexity index is 837. The van der Waals surface area contributed by atoms with E-state index in [-0.39, 0.29) is 18.7 Å². The molecular formula is C19H17F4NO3. The predicted molar refractivity (Wildman–Crippen MR) is 88.8 cm³/mol. The molecule has 0 saturated heterocycles. The van der Waals surface area contributed by atoms with Crippen molar-refractivity contribution in [1.29, 1.82) is 0 Å². The summed E-state index contributed by atoms with van der Waals surface area (Å²) in [6, 6.07) is 6.19. The third-order valence-corrected chi connectivity index (χ3v) is 4.07. The molecule has 4 nitrogen and oxygen atoms in total. The first-order valence-corrected chi connectivity index (χ1v) is 8.09. The fourth-order valence-corrected chi connectivity index (χ4v) is 2.68. The van der Waals surface area contributed by atoms with Gasteiger partial charge < -0.3 is 10.0 Å². The van der Waals surface area contributed by atoms with E-state index in [0.29, 0.717) is 0 Å². The number of amides is 1. The number of nitrogens with zero attached hydrogens (tertiary/aromatic N) is 1. The molecule has 1 amide bonds. The van der Waals surface area contributed by atoms with Crippen molar-refractivity contribution in [2.45, 2.75) is 25.8 Å². The first kappa shape index (κ1) is 20.4. The molecule has 2 aromatic carbocycles. The van der Waals surface area contributed by atoms with Crippen LogP contribution in [0.15, 0.2) is 36.4 Å². The lowest BCUT2D eigenvalue weighted by molar-refractivity contribution is -0.139. The molecule has 2 rings (SSSR count). The van der Waals surface area contributed by atoms with E-state index in [1.807, 2.05) is 0 Å². The van der Waals surface area contributed by atoms with Gasteiger partial charge in [0.05, 0.1) is 12.3 Å². The minimum Gasteiger partial charge on any atom is -0.481 e. The molecule has 2 aromatic rings. The van der Waals surface area contributed by atoms with Crippen LogP contribution in [0.3, 0.4) is 0 Å². The van der Waals surface area contributed by atoms with Gasteiger partial charge in [-0.3, -0.25) is 9.59 Å². The quantitative estimate of drug-likeness (QED) is 0.739. The fraction of sp³-hybridized carbons (Fsp3) is 0.263. The topological polar surface area (TPSA) is 57.6 Å². The van der Waals surface area contributed by atoms with Crippen LogP contribution in [0, 0.1) is 23.3 Å². The Labute approximate surface area is 153 Å². The maximum Gasteiger partial charge on any atom is 0.305 e. The molecule has 1 unspecified atom stereocenters. The summed E-state index contributed by atoms with van der Waals surface area (Å²) in [5, 5.41) is 8.87. The minimum atomic E-state index is -1.23. The lowest BCUT2D eigenvalue weighted by atomic mass is 9.98. The summed E-state index contributed by atoms with van der Waals surface area (Å²) in [4.78, 5) is 24.7. The molecule has 0 aliphatic carbocycles. The average Bonchev–Trinajstić information content (AvgIpc) is 2.60. The number of hydrogen-bond donors (Lipinski definition) is 1. The van der Waals surface area contributed by atoms with Crippen molar-refractivity contribution in [1.82, 2.24) is 4.90 Å². The monoisotopic (exact) mass is 383 g/mol. The maximum atomic E-state index is 14.0. The van der Waals surface area contributed by atoms with Crippen LogP contribution in [-0.4, -0.2) is 28.4 Å². The van der Waals surface area contributed by atoms with Gasteiger partial charge in [0.2, 0.25) is 5.91 Å². The standard InChI is InChI=1S/C19H17F4NO3/c1-11(18-14(21)3-2-4-15(18)22)19(27)24(8-7-17(25)26)10-12-5-6-13(20)16(23)9-12/h2-6,9,11H,7-8,10H2,1H3,(H,25,26). The zero-order chi connectivity index (χ0) is 20.1. The van der Waals surface area contributed by atoms with Crippen molar-refractivity contribution in [2.75, 3.05) is 6.54 Å². The van der Waals surface area contributed by atoms with Crippen LogP contribution < -0.4 is 0 Å². The number of carbonyl (C=O) groups is 2. The van der Waals surface area contributed by atoms with E-state index < -0.39 is 53.0 Å². The van der Waals surface area contributed by atoms with E-state index in [9.17, 15) is 27.2 Å². The van der Waals surface area contributed by atoms with Crippen LogP contribution in [0.5, 0.6) is 0 Å². The van der Waals surface area contributed by atoms with Crippen LogP contribution in [0.1, 0.15) is 30.4 Å². The number of aliphatic carboxylic acids is 1. The van der Waals surface area contributed by atoms with Gasteiger partial charge in [-0.1, -0.05) is 12.1 Å². The lowest BCUT2D eigenvalue weighted by Gasteiger charge is -2.26. The SMILES string of the molecule is CC(C(=O)N(CCC(=O)O)Cc1ccc(F)c(F)c1)c1c(F)cccc1F. The molecule has 27 heavy (non-hydrogen) atoms. The fourth-order valence-electron chi connectivity index (χ4n) is 2.68. The molecular weight excluding hydrogens is 366 g/mol. The third-order valence-electron chi connectivity index (χ3n) is 4.07. The molecule has 0 saturated carbocycles. The molecule has 144 valence electrons. The van der Waals surface area contributed by atoms with Gasteiger partial charge in [-0.15, -0.1) is 0 Å². The molecule has 0 aromatic heterocycles. The first-order chi connectivity index (χ1) is 12.7. The van der Waals surface area contributed by atoms with E-state index in [2.05, 4.69) is 0 Å². The van der Waals surface area contributed by atoms with Crippen molar-refractivity contribution in [3.63, 3.8) is 0 Å². The molecule has 1 atom stereocenters. The molecule has 8 heteroatoms. The normalized spacial score (nSPS) is 11.9. The van der Waals surface area contributed by atoms with Gasteiger partial charge in [0, 0.05) is 18.7 Å². The van der Waals surface area contributed by atoms with Gasteiger partial charge >= 0.3 is 5.97 Å². The number of carboxylic acid groups (broad SMARTS) is 1. The molecule has 0 aliphatic heterocycles. The van der Waals surface area contributed by atoms with Crippen LogP contribution in [-0.2, 0) is 16.1 Å². The van der Waals surface area contributed by atoms with E-state index in [4.69, 9.17) is 5.11 Å². The highest BCUT2D eigenvalue weighted by atomic mass is 19.2. The number of carboxylic acids is 1. The zero-order valence-corrected chi connectivity index (χ0v) is 14.4. The summed E-state index contributed by atoms with van der Waals surface area (Å²) < 4.78 is 54.4. The number of rotatable bonds is 7. The number of carbonyl (C=O) groups excluding carboxylic acids is 1. The van der Waals surface area contributed by atoms with Gasteiger partial charge in [0.25, 0.3) is 0 Å². The summed E-state index contributed by atoms with van der Waals surface area (Å²) >= 11 is 0. The van der Waals surface area contributed by atoms with Crippen LogP contribution in [0.25, 0.3) is 0 Å². The van der Waals surface area contributed by atoms with E-state index >= 15 is 0 Å². The largest absolute Gasteiger partial charge is 0.481 e. The first-order valence-electron chi connectivity index (χ1n) is 8.09. The molecule has 0 bridgehead atoms. The smallest absolute Gasteiger partial charge is 0.305 e. The van der Waals surface area contributed by atoms with Crippen LogP contribution in [0.4, 0.5) is 17.6 Å². The summed E-state index contributed by atoms with van der Waals surface area (Å²) in [6.07, 6.45) is -0.415. The minimum absolute atomic E-state index is 0.217. The highest BCUT2D eigenvalue weighted by Gasteiger charge is 2.27. The number of benzene rings is 2. The van der Waals surface area contributed by atoms with Crippen molar-refractivity contribution in [2.24, 2.45) is 0 Å². The third kappa shape index (κ3) is 5.06. The summed E-state index contributed by atoms with van der Waals surface area (Å²) in [5.41, 5.74) is -0.220. The second kappa shape index (κ2) is 8.66. The van der Waals surface area contributed by atoms with Crippen molar-refractivity contribution in [3.8, 4) is 0 Å². The second-order valence-electron chi connectivity index (χ2n) is 6.01. The Morgan fingerprint density at radius 2 is 1.63 bits per heavy atom. The highest BCUT2D eigenvalue weighted by molar-refractivity contribution is 5.84. The summed E-state index contributed by atoms with van der Waals surface area (Å²) in [7, 11) is 0. The van der Waals surface area contributed by atoms with Gasteiger partial charge in [-0.2, -0.15) is 0 Å². The number of halogens is 4. The molecule has 0 aliphatic rings. The van der Waals surface area contributed by atoms with Gasteiger partial charge in [0.1, 0.15) is 11.6 Å². The Balaban J connectivity index is 2.30. The molecule has 0 radical (unpaired) electrons. The van der Waals surface area contributed by atoms with Gasteiger partial charge in [-0.25, -0.2) is 17.6 Å². The Morgan fingerprint density at radius 1 is 1.00 bits per heavy atom. The predicted octanol–water partition coefficient (Wildman–Crippen LogP) is 3.85. The number of hydrogen-bond acceptors (Lipinski definition) is 2.